The van der Waals surface area contributed by atoms with Gasteiger partial charge in [-0.3, -0.25) is 9.71 Å². The Morgan fingerprint density at radius 2 is 2.23 bits per heavy atom. The van der Waals surface area contributed by atoms with Crippen molar-refractivity contribution in [3.05, 3.63) is 18.1 Å². The molecule has 70 valence electrons. The van der Waals surface area contributed by atoms with Crippen molar-refractivity contribution in [3.8, 4) is 0 Å². The van der Waals surface area contributed by atoms with Crippen LogP contribution in [-0.2, 0) is 6.42 Å². The summed E-state index contributed by atoms with van der Waals surface area (Å²) in [6.07, 6.45) is 4.50. The molecule has 1 aliphatic heterocycles. The fourth-order valence-electron chi connectivity index (χ4n) is 1.33. The van der Waals surface area contributed by atoms with Crippen LogP contribution in [0.5, 0.6) is 0 Å². The van der Waals surface area contributed by atoms with Crippen LogP contribution in [0.3, 0.4) is 0 Å². The predicted molar refractivity (Wildman–Crippen MR) is 53.4 cm³/mol. The van der Waals surface area contributed by atoms with Crippen molar-refractivity contribution in [1.82, 2.24) is 14.7 Å². The van der Waals surface area contributed by atoms with E-state index in [0.29, 0.717) is 12.0 Å². The topological polar surface area (TPSA) is 37.8 Å². The van der Waals surface area contributed by atoms with Crippen LogP contribution in [0.15, 0.2) is 17.4 Å². The quantitative estimate of drug-likeness (QED) is 0.691. The molecule has 1 aromatic heterocycles. The molecule has 0 saturated heterocycles. The van der Waals surface area contributed by atoms with Crippen molar-refractivity contribution < 1.29 is 0 Å². The van der Waals surface area contributed by atoms with Gasteiger partial charge in [-0.15, -0.1) is 0 Å². The third kappa shape index (κ3) is 1.84. The summed E-state index contributed by atoms with van der Waals surface area (Å²) in [6.45, 7) is 4.44. The number of nitrogens with one attached hydrogen (secondary N) is 1. The van der Waals surface area contributed by atoms with E-state index in [2.05, 4.69) is 28.5 Å². The summed E-state index contributed by atoms with van der Waals surface area (Å²) in [4.78, 5) is 8.58. The third-order valence-corrected chi connectivity index (χ3v) is 3.22. The zero-order valence-corrected chi connectivity index (χ0v) is 8.64. The minimum Gasteiger partial charge on any atom is -0.257 e. The van der Waals surface area contributed by atoms with Crippen molar-refractivity contribution in [1.29, 1.82) is 0 Å². The van der Waals surface area contributed by atoms with Gasteiger partial charge >= 0.3 is 0 Å². The number of nitrogens with zero attached hydrogens (tertiary/aromatic N) is 2. The number of rotatable bonds is 1. The van der Waals surface area contributed by atoms with Crippen LogP contribution in [0.25, 0.3) is 0 Å². The lowest BCUT2D eigenvalue weighted by molar-refractivity contribution is 0.449. The van der Waals surface area contributed by atoms with Gasteiger partial charge in [0.2, 0.25) is 0 Å². The molecule has 3 nitrogen and oxygen atoms in total. The van der Waals surface area contributed by atoms with Gasteiger partial charge in [-0.25, -0.2) is 4.98 Å². The molecule has 0 saturated carbocycles. The highest BCUT2D eigenvalue weighted by Gasteiger charge is 2.22. The summed E-state index contributed by atoms with van der Waals surface area (Å²) in [5, 5.41) is 1.03. The molecule has 0 aromatic carbocycles. The lowest BCUT2D eigenvalue weighted by Crippen LogP contribution is -2.34. The lowest BCUT2D eigenvalue weighted by atomic mass is 10.0. The maximum Gasteiger partial charge on any atom is 0.132 e. The highest BCUT2D eigenvalue weighted by Crippen LogP contribution is 2.25. The van der Waals surface area contributed by atoms with Crippen molar-refractivity contribution in [2.75, 3.05) is 0 Å². The van der Waals surface area contributed by atoms with E-state index in [1.54, 1.807) is 24.3 Å². The average molecular weight is 195 g/mol. The van der Waals surface area contributed by atoms with Crippen LogP contribution >= 0.6 is 11.9 Å². The molecule has 1 unspecified atom stereocenters. The molecule has 1 atom stereocenters. The van der Waals surface area contributed by atoms with Gasteiger partial charge in [-0.1, -0.05) is 13.8 Å². The molecular formula is C9H13N3S. The van der Waals surface area contributed by atoms with Gasteiger partial charge in [0, 0.05) is 24.9 Å². The molecule has 2 rings (SSSR count). The summed E-state index contributed by atoms with van der Waals surface area (Å²) in [5.74, 6) is 0.641. The van der Waals surface area contributed by atoms with Gasteiger partial charge in [0.05, 0.1) is 5.69 Å². The van der Waals surface area contributed by atoms with Crippen molar-refractivity contribution in [3.63, 3.8) is 0 Å². The molecule has 1 N–H and O–H groups in total. The van der Waals surface area contributed by atoms with Gasteiger partial charge < -0.3 is 0 Å². The van der Waals surface area contributed by atoms with Crippen LogP contribution in [0.1, 0.15) is 19.5 Å². The second-order valence-electron chi connectivity index (χ2n) is 3.58. The molecule has 0 radical (unpaired) electrons. The highest BCUT2D eigenvalue weighted by atomic mass is 32.2. The minimum absolute atomic E-state index is 0.522. The van der Waals surface area contributed by atoms with E-state index in [0.717, 1.165) is 17.1 Å². The fraction of sp³-hybridized carbons (Fsp3) is 0.556. The average Bonchev–Trinajstić information content (AvgIpc) is 2.17. The predicted octanol–water partition coefficient (Wildman–Crippen LogP) is 1.65. The second-order valence-corrected chi connectivity index (χ2v) is 4.41. The molecule has 2 heterocycles. The van der Waals surface area contributed by atoms with Crippen molar-refractivity contribution in [2.45, 2.75) is 31.3 Å². The first-order chi connectivity index (χ1) is 6.27. The minimum atomic E-state index is 0.522. The second kappa shape index (κ2) is 3.64. The molecule has 4 heteroatoms. The zero-order valence-electron chi connectivity index (χ0n) is 7.82. The summed E-state index contributed by atoms with van der Waals surface area (Å²) in [6, 6.07) is 0.522. The Morgan fingerprint density at radius 3 is 3.00 bits per heavy atom. The molecule has 13 heavy (non-hydrogen) atoms. The van der Waals surface area contributed by atoms with Gasteiger partial charge in [-0.2, -0.15) is 0 Å². The summed E-state index contributed by atoms with van der Waals surface area (Å²) >= 11 is 1.60. The van der Waals surface area contributed by atoms with E-state index >= 15 is 0 Å². The van der Waals surface area contributed by atoms with Gasteiger partial charge in [0.15, 0.2) is 0 Å². The van der Waals surface area contributed by atoms with Crippen LogP contribution in [-0.4, -0.2) is 16.0 Å². The summed E-state index contributed by atoms with van der Waals surface area (Å²) in [5.41, 5.74) is 1.13. The molecule has 1 aliphatic rings. The molecule has 0 fully saturated rings. The number of fused-ring (bicyclic) bond motifs is 1. The molecule has 0 amide bonds. The molecular weight excluding hydrogens is 182 g/mol. The number of aromatic nitrogens is 2. The Hall–Kier alpha value is -0.610. The van der Waals surface area contributed by atoms with Crippen LogP contribution in [0, 0.1) is 5.92 Å². The third-order valence-electron chi connectivity index (χ3n) is 2.26. The molecule has 0 bridgehead atoms. The first-order valence-corrected chi connectivity index (χ1v) is 5.31. The lowest BCUT2D eigenvalue weighted by Gasteiger charge is -2.26. The van der Waals surface area contributed by atoms with E-state index in [-0.39, 0.29) is 0 Å². The summed E-state index contributed by atoms with van der Waals surface area (Å²) in [7, 11) is 0. The van der Waals surface area contributed by atoms with Crippen molar-refractivity contribution >= 4 is 11.9 Å². The zero-order chi connectivity index (χ0) is 9.26. The van der Waals surface area contributed by atoms with Gasteiger partial charge in [0.1, 0.15) is 5.03 Å². The molecule has 1 aromatic rings. The first kappa shape index (κ1) is 8.97. The Bertz CT molecular complexity index is 301. The van der Waals surface area contributed by atoms with Crippen molar-refractivity contribution in [2.24, 2.45) is 5.92 Å². The van der Waals surface area contributed by atoms with Crippen LogP contribution in [0.2, 0.25) is 0 Å². The first-order valence-electron chi connectivity index (χ1n) is 4.49. The molecule has 0 spiro atoms. The standard InChI is InChI=1S/C9H13N3S/c1-6(2)7-5-8-9(13-12-7)11-4-3-10-8/h3-4,6-7,12H,5H2,1-2H3. The largest absolute Gasteiger partial charge is 0.257 e. The SMILES string of the molecule is CC(C)C1Cc2nccnc2SN1. The Labute approximate surface area is 82.5 Å². The number of hydrogen-bond donors (Lipinski definition) is 1. The smallest absolute Gasteiger partial charge is 0.132 e. The maximum absolute atomic E-state index is 4.33. The Balaban J connectivity index is 2.20. The van der Waals surface area contributed by atoms with E-state index in [9.17, 15) is 0 Å². The molecule has 0 aliphatic carbocycles. The maximum atomic E-state index is 4.33. The van der Waals surface area contributed by atoms with E-state index in [1.165, 1.54) is 0 Å². The normalized spacial score (nSPS) is 21.6. The fourth-order valence-corrected chi connectivity index (χ4v) is 2.32. The van der Waals surface area contributed by atoms with Gasteiger partial charge in [-0.05, 0) is 17.9 Å². The van der Waals surface area contributed by atoms with Crippen LogP contribution in [0.4, 0.5) is 0 Å². The summed E-state index contributed by atoms with van der Waals surface area (Å²) < 4.78 is 3.39. The van der Waals surface area contributed by atoms with Crippen LogP contribution < -0.4 is 4.72 Å². The number of hydrogen-bond acceptors (Lipinski definition) is 4. The Morgan fingerprint density at radius 1 is 1.46 bits per heavy atom. The highest BCUT2D eigenvalue weighted by molar-refractivity contribution is 7.97. The van der Waals surface area contributed by atoms with Gasteiger partial charge in [0.25, 0.3) is 0 Å². The van der Waals surface area contributed by atoms with E-state index < -0.39 is 0 Å². The van der Waals surface area contributed by atoms with E-state index in [4.69, 9.17) is 0 Å². The van der Waals surface area contributed by atoms with E-state index in [1.807, 2.05) is 0 Å². The Kier molecular flexibility index (Phi) is 2.51. The monoisotopic (exact) mass is 195 g/mol.